The minimum absolute atomic E-state index is 0.0336. The molecule has 2 N–H and O–H groups in total. The first-order chi connectivity index (χ1) is 12.1. The number of quaternary nitrogens is 1. The van der Waals surface area contributed by atoms with Crippen molar-refractivity contribution in [3.8, 4) is 0 Å². The fraction of sp³-hybridized carbons (Fsp3) is 0.600. The van der Waals surface area contributed by atoms with E-state index in [1.165, 1.54) is 50.5 Å². The molecule has 5 nitrogen and oxygen atoms in total. The van der Waals surface area contributed by atoms with Crippen LogP contribution in [0.25, 0.3) is 0 Å². The Morgan fingerprint density at radius 3 is 2.76 bits per heavy atom. The van der Waals surface area contributed by atoms with Gasteiger partial charge in [0.05, 0.1) is 25.3 Å². The van der Waals surface area contributed by atoms with E-state index in [-0.39, 0.29) is 11.9 Å². The second kappa shape index (κ2) is 8.00. The Morgan fingerprint density at radius 2 is 1.96 bits per heavy atom. The summed E-state index contributed by atoms with van der Waals surface area (Å²) in [7, 11) is 1.36. The highest BCUT2D eigenvalue weighted by atomic mass is 16.5. The summed E-state index contributed by atoms with van der Waals surface area (Å²) in [6, 6.07) is 5.91. The van der Waals surface area contributed by atoms with Crippen LogP contribution >= 0.6 is 0 Å². The van der Waals surface area contributed by atoms with Crippen molar-refractivity contribution in [3.63, 3.8) is 0 Å². The Hall–Kier alpha value is -1.88. The van der Waals surface area contributed by atoms with Gasteiger partial charge in [0.2, 0.25) is 0 Å². The number of hydrogen-bond acceptors (Lipinski definition) is 3. The number of ether oxygens (including phenoxy) is 1. The average molecular weight is 345 g/mol. The zero-order chi connectivity index (χ0) is 17.8. The smallest absolute Gasteiger partial charge is 0.337 e. The molecule has 5 heteroatoms. The van der Waals surface area contributed by atoms with Gasteiger partial charge in [-0.2, -0.15) is 0 Å². The summed E-state index contributed by atoms with van der Waals surface area (Å²) in [6.07, 6.45) is 7.78. The van der Waals surface area contributed by atoms with E-state index in [0.29, 0.717) is 23.8 Å². The molecule has 3 atom stereocenters. The van der Waals surface area contributed by atoms with Crippen LogP contribution in [0.3, 0.4) is 0 Å². The van der Waals surface area contributed by atoms with E-state index in [0.717, 1.165) is 18.0 Å². The van der Waals surface area contributed by atoms with E-state index < -0.39 is 0 Å². The minimum Gasteiger partial charge on any atom is -0.465 e. The fourth-order valence-electron chi connectivity index (χ4n) is 4.49. The number of methoxy groups -OCH3 is 1. The first-order valence-corrected chi connectivity index (χ1v) is 9.42. The van der Waals surface area contributed by atoms with Gasteiger partial charge in [-0.1, -0.05) is 12.5 Å². The Balaban J connectivity index is 1.65. The summed E-state index contributed by atoms with van der Waals surface area (Å²) in [5.74, 6) is 0.447. The molecule has 1 aromatic rings. The molecule has 0 aromatic heterocycles. The van der Waals surface area contributed by atoms with E-state index in [2.05, 4.69) is 5.32 Å². The molecule has 1 saturated heterocycles. The van der Waals surface area contributed by atoms with Gasteiger partial charge >= 0.3 is 5.97 Å². The average Bonchev–Trinajstić information content (AvgIpc) is 2.63. The van der Waals surface area contributed by atoms with Gasteiger partial charge in [-0.05, 0) is 56.7 Å². The van der Waals surface area contributed by atoms with Crippen molar-refractivity contribution in [2.75, 3.05) is 25.5 Å². The third-order valence-corrected chi connectivity index (χ3v) is 5.83. The Morgan fingerprint density at radius 1 is 1.20 bits per heavy atom. The molecule has 1 aliphatic carbocycles. The molecule has 2 aliphatic rings. The van der Waals surface area contributed by atoms with Crippen LogP contribution in [0.4, 0.5) is 5.69 Å². The number of hydrogen-bond donors (Lipinski definition) is 2. The summed E-state index contributed by atoms with van der Waals surface area (Å²) < 4.78 is 4.76. The van der Waals surface area contributed by atoms with E-state index >= 15 is 0 Å². The lowest BCUT2D eigenvalue weighted by atomic mass is 9.78. The van der Waals surface area contributed by atoms with Crippen molar-refractivity contribution in [3.05, 3.63) is 29.3 Å². The summed E-state index contributed by atoms with van der Waals surface area (Å²) in [5.41, 5.74) is 2.11. The van der Waals surface area contributed by atoms with Crippen molar-refractivity contribution in [2.24, 2.45) is 5.92 Å². The molecule has 1 aliphatic heterocycles. The monoisotopic (exact) mass is 345 g/mol. The summed E-state index contributed by atoms with van der Waals surface area (Å²) >= 11 is 0. The van der Waals surface area contributed by atoms with Gasteiger partial charge in [-0.15, -0.1) is 0 Å². The number of likely N-dealkylation sites (tertiary alicyclic amines) is 1. The number of esters is 1. The number of benzene rings is 1. The van der Waals surface area contributed by atoms with Crippen LogP contribution in [-0.4, -0.2) is 38.1 Å². The van der Waals surface area contributed by atoms with Crippen molar-refractivity contribution in [1.82, 2.24) is 0 Å². The highest BCUT2D eigenvalue weighted by Gasteiger charge is 2.37. The van der Waals surface area contributed by atoms with Gasteiger partial charge in [0.1, 0.15) is 0 Å². The molecule has 1 amide bonds. The third kappa shape index (κ3) is 4.21. The Bertz CT molecular complexity index is 642. The molecular weight excluding hydrogens is 316 g/mol. The number of rotatable bonds is 4. The Labute approximate surface area is 149 Å². The molecule has 0 spiro atoms. The normalized spacial score (nSPS) is 25.8. The lowest BCUT2D eigenvalue weighted by Gasteiger charge is -2.40. The second-order valence-corrected chi connectivity index (χ2v) is 7.45. The van der Waals surface area contributed by atoms with Gasteiger partial charge in [0.15, 0.2) is 6.54 Å². The first kappa shape index (κ1) is 17.9. The van der Waals surface area contributed by atoms with Gasteiger partial charge in [0, 0.05) is 11.6 Å². The standard InChI is InChI=1S/C20H28N2O3/c1-14-9-10-16(20(24)25-2)12-17(14)21-19(23)13-22-11-5-7-15-6-3-4-8-18(15)22/h9-10,12,15,18H,3-8,11,13H2,1-2H3,(H,21,23)/p+1/t15-,18+/m1/s1. The Kier molecular flexibility index (Phi) is 5.74. The van der Waals surface area contributed by atoms with E-state index in [1.54, 1.807) is 12.1 Å². The zero-order valence-corrected chi connectivity index (χ0v) is 15.3. The second-order valence-electron chi connectivity index (χ2n) is 7.45. The van der Waals surface area contributed by atoms with Crippen molar-refractivity contribution < 1.29 is 19.2 Å². The molecule has 3 rings (SSSR count). The van der Waals surface area contributed by atoms with Gasteiger partial charge in [-0.3, -0.25) is 4.79 Å². The summed E-state index contributed by atoms with van der Waals surface area (Å²) in [5, 5.41) is 3.00. The number of carbonyl (C=O) groups is 2. The third-order valence-electron chi connectivity index (χ3n) is 5.83. The quantitative estimate of drug-likeness (QED) is 0.820. The maximum absolute atomic E-state index is 12.6. The number of piperidine rings is 1. The molecule has 1 aromatic carbocycles. The predicted molar refractivity (Wildman–Crippen MR) is 96.8 cm³/mol. The fourth-order valence-corrected chi connectivity index (χ4v) is 4.49. The number of amides is 1. The van der Waals surface area contributed by atoms with Crippen LogP contribution in [-0.2, 0) is 9.53 Å². The molecule has 1 heterocycles. The molecule has 1 saturated carbocycles. The van der Waals surface area contributed by atoms with E-state index in [4.69, 9.17) is 4.74 Å². The topological polar surface area (TPSA) is 59.8 Å². The van der Waals surface area contributed by atoms with Gasteiger partial charge < -0.3 is 15.0 Å². The van der Waals surface area contributed by atoms with E-state index in [1.807, 2.05) is 13.0 Å². The SMILES string of the molecule is COC(=O)c1ccc(C)c(NC(=O)C[NH+]2CCC[C@H]3CCCC[C@@H]32)c1. The van der Waals surface area contributed by atoms with Crippen LogP contribution in [0.2, 0.25) is 0 Å². The predicted octanol–water partition coefficient (Wildman–Crippen LogP) is 1.96. The lowest BCUT2D eigenvalue weighted by molar-refractivity contribution is -0.928. The van der Waals surface area contributed by atoms with Crippen LogP contribution in [0.1, 0.15) is 54.4 Å². The summed E-state index contributed by atoms with van der Waals surface area (Å²) in [4.78, 5) is 25.7. The van der Waals surface area contributed by atoms with Gasteiger partial charge in [0.25, 0.3) is 5.91 Å². The molecule has 136 valence electrons. The summed E-state index contributed by atoms with van der Waals surface area (Å²) in [6.45, 7) is 3.54. The zero-order valence-electron chi connectivity index (χ0n) is 15.3. The number of fused-ring (bicyclic) bond motifs is 1. The van der Waals surface area contributed by atoms with Crippen molar-refractivity contribution >= 4 is 17.6 Å². The maximum Gasteiger partial charge on any atom is 0.337 e. The highest BCUT2D eigenvalue weighted by Crippen LogP contribution is 2.28. The lowest BCUT2D eigenvalue weighted by Crippen LogP contribution is -3.18. The molecule has 1 unspecified atom stereocenters. The number of carbonyl (C=O) groups excluding carboxylic acids is 2. The number of nitrogens with one attached hydrogen (secondary N) is 2. The van der Waals surface area contributed by atoms with Crippen LogP contribution in [0, 0.1) is 12.8 Å². The van der Waals surface area contributed by atoms with Crippen molar-refractivity contribution in [1.29, 1.82) is 0 Å². The van der Waals surface area contributed by atoms with Crippen LogP contribution in [0.15, 0.2) is 18.2 Å². The molecule has 25 heavy (non-hydrogen) atoms. The molecule has 0 radical (unpaired) electrons. The number of aryl methyl sites for hydroxylation is 1. The van der Waals surface area contributed by atoms with Crippen LogP contribution in [0.5, 0.6) is 0 Å². The first-order valence-electron chi connectivity index (χ1n) is 9.42. The molecule has 0 bridgehead atoms. The molecular formula is C20H29N2O3+. The minimum atomic E-state index is -0.387. The van der Waals surface area contributed by atoms with E-state index in [9.17, 15) is 9.59 Å². The van der Waals surface area contributed by atoms with Crippen LogP contribution < -0.4 is 10.2 Å². The number of anilines is 1. The largest absolute Gasteiger partial charge is 0.465 e. The van der Waals surface area contributed by atoms with Gasteiger partial charge in [-0.25, -0.2) is 4.79 Å². The molecule has 2 fully saturated rings. The highest BCUT2D eigenvalue weighted by molar-refractivity contribution is 5.95. The maximum atomic E-state index is 12.6. The van der Waals surface area contributed by atoms with Crippen molar-refractivity contribution in [2.45, 2.75) is 51.5 Å².